The maximum Gasteiger partial charge on any atom is 0.254 e. The highest BCUT2D eigenvalue weighted by Crippen LogP contribution is 2.28. The summed E-state index contributed by atoms with van der Waals surface area (Å²) in [5, 5.41) is 0. The third-order valence-electron chi connectivity index (χ3n) is 5.54. The van der Waals surface area contributed by atoms with Crippen LogP contribution in [0.3, 0.4) is 0 Å². The molecule has 0 N–H and O–H groups in total. The zero-order valence-electron chi connectivity index (χ0n) is 18.5. The Kier molecular flexibility index (Phi) is 5.57. The molecular formula is C25H32N2O2. The van der Waals surface area contributed by atoms with Gasteiger partial charge in [0.25, 0.3) is 11.8 Å². The minimum absolute atomic E-state index is 0.0788. The van der Waals surface area contributed by atoms with E-state index in [1.165, 1.54) is 5.56 Å². The summed E-state index contributed by atoms with van der Waals surface area (Å²) in [6.45, 7) is 14.0. The lowest BCUT2D eigenvalue weighted by atomic mass is 9.94. The smallest absolute Gasteiger partial charge is 0.254 e. The van der Waals surface area contributed by atoms with Gasteiger partial charge in [-0.25, -0.2) is 0 Å². The zero-order chi connectivity index (χ0) is 21.4. The molecule has 0 atom stereocenters. The summed E-state index contributed by atoms with van der Waals surface area (Å²) in [6.07, 6.45) is 0.971. The van der Waals surface area contributed by atoms with Gasteiger partial charge in [0, 0.05) is 35.3 Å². The van der Waals surface area contributed by atoms with Gasteiger partial charge in [0.05, 0.1) is 0 Å². The average Bonchev–Trinajstić information content (AvgIpc) is 2.99. The molecule has 0 aromatic heterocycles. The number of amides is 2. The maximum atomic E-state index is 12.2. The molecule has 0 saturated carbocycles. The molecule has 0 saturated heterocycles. The fraction of sp³-hybridized carbons (Fsp3) is 0.440. The predicted octanol–water partition coefficient (Wildman–Crippen LogP) is 4.92. The summed E-state index contributed by atoms with van der Waals surface area (Å²) in [5.74, 6) is 0.331. The van der Waals surface area contributed by atoms with Crippen LogP contribution in [0.4, 0.5) is 0 Å². The van der Waals surface area contributed by atoms with Gasteiger partial charge >= 0.3 is 0 Å². The summed E-state index contributed by atoms with van der Waals surface area (Å²) in [7, 11) is 0. The van der Waals surface area contributed by atoms with E-state index in [1.807, 2.05) is 58.3 Å². The van der Waals surface area contributed by atoms with Gasteiger partial charge in [-0.3, -0.25) is 9.59 Å². The lowest BCUT2D eigenvalue weighted by molar-refractivity contribution is 0.0560. The van der Waals surface area contributed by atoms with Crippen LogP contribution in [0.2, 0.25) is 0 Å². The van der Waals surface area contributed by atoms with Crippen molar-refractivity contribution in [3.05, 3.63) is 70.8 Å². The van der Waals surface area contributed by atoms with Crippen LogP contribution in [-0.2, 0) is 13.0 Å². The zero-order valence-corrected chi connectivity index (χ0v) is 18.5. The Bertz CT molecular complexity index is 919. The number of benzene rings is 2. The number of carbonyl (C=O) groups is 2. The van der Waals surface area contributed by atoms with Crippen molar-refractivity contribution in [2.45, 2.75) is 65.6 Å². The molecule has 0 unspecified atom stereocenters. The van der Waals surface area contributed by atoms with Crippen molar-refractivity contribution in [2.24, 2.45) is 0 Å². The molecule has 29 heavy (non-hydrogen) atoms. The predicted molar refractivity (Wildman–Crippen MR) is 117 cm³/mol. The number of hydrogen-bond acceptors (Lipinski definition) is 2. The Hall–Kier alpha value is -2.62. The van der Waals surface area contributed by atoms with Crippen LogP contribution in [0.1, 0.15) is 73.4 Å². The second-order valence-electron chi connectivity index (χ2n) is 9.75. The monoisotopic (exact) mass is 392 g/mol. The molecule has 0 fully saturated rings. The highest BCUT2D eigenvalue weighted by Gasteiger charge is 2.34. The fourth-order valence-corrected chi connectivity index (χ4v) is 3.86. The molecule has 0 bridgehead atoms. The molecule has 2 aromatic carbocycles. The molecule has 4 rings (SSSR count). The quantitative estimate of drug-likeness (QED) is 0.638. The van der Waals surface area contributed by atoms with Crippen molar-refractivity contribution >= 4 is 11.8 Å². The van der Waals surface area contributed by atoms with E-state index in [-0.39, 0.29) is 22.9 Å². The van der Waals surface area contributed by atoms with Crippen LogP contribution < -0.4 is 0 Å². The van der Waals surface area contributed by atoms with Crippen LogP contribution in [0.25, 0.3) is 0 Å². The molecule has 154 valence electrons. The normalized spacial score (nSPS) is 16.2. The Morgan fingerprint density at radius 1 is 0.655 bits per heavy atom. The lowest BCUT2D eigenvalue weighted by Crippen LogP contribution is -2.49. The third-order valence-corrected chi connectivity index (χ3v) is 5.54. The van der Waals surface area contributed by atoms with Crippen molar-refractivity contribution in [2.75, 3.05) is 6.54 Å². The number of hydrogen-bond donors (Lipinski definition) is 0. The minimum atomic E-state index is -0.0872. The van der Waals surface area contributed by atoms with Gasteiger partial charge in [0.1, 0.15) is 0 Å². The minimum Gasteiger partial charge on any atom is -0.333 e. The van der Waals surface area contributed by atoms with Gasteiger partial charge < -0.3 is 9.80 Å². The number of rotatable bonds is 0. The Balaban J connectivity index is 0.000000166. The van der Waals surface area contributed by atoms with E-state index in [0.717, 1.165) is 36.2 Å². The van der Waals surface area contributed by atoms with Gasteiger partial charge in [0.15, 0.2) is 0 Å². The van der Waals surface area contributed by atoms with E-state index in [2.05, 4.69) is 41.5 Å². The molecule has 4 nitrogen and oxygen atoms in total. The van der Waals surface area contributed by atoms with Gasteiger partial charge in [-0.2, -0.15) is 0 Å². The second kappa shape index (κ2) is 7.66. The summed E-state index contributed by atoms with van der Waals surface area (Å²) >= 11 is 0. The van der Waals surface area contributed by atoms with Crippen molar-refractivity contribution < 1.29 is 9.59 Å². The molecule has 4 heteroatoms. The summed E-state index contributed by atoms with van der Waals surface area (Å²) in [5.41, 5.74) is 3.90. The molecule has 2 aliphatic heterocycles. The van der Waals surface area contributed by atoms with E-state index in [0.29, 0.717) is 0 Å². The Labute approximate surface area is 174 Å². The van der Waals surface area contributed by atoms with Crippen LogP contribution >= 0.6 is 0 Å². The third kappa shape index (κ3) is 4.36. The van der Waals surface area contributed by atoms with E-state index in [1.54, 1.807) is 0 Å². The van der Waals surface area contributed by atoms with E-state index < -0.39 is 0 Å². The first-order chi connectivity index (χ1) is 13.5. The van der Waals surface area contributed by atoms with Crippen LogP contribution in [0.15, 0.2) is 48.5 Å². The molecule has 2 aliphatic rings. The van der Waals surface area contributed by atoms with Crippen LogP contribution in [0, 0.1) is 0 Å². The molecule has 2 aromatic rings. The summed E-state index contributed by atoms with van der Waals surface area (Å²) < 4.78 is 0. The summed E-state index contributed by atoms with van der Waals surface area (Å²) in [6, 6.07) is 15.7. The molecule has 2 amide bonds. The van der Waals surface area contributed by atoms with Gasteiger partial charge in [-0.1, -0.05) is 36.4 Å². The van der Waals surface area contributed by atoms with Crippen molar-refractivity contribution in [1.29, 1.82) is 0 Å². The van der Waals surface area contributed by atoms with E-state index in [4.69, 9.17) is 0 Å². The van der Waals surface area contributed by atoms with E-state index >= 15 is 0 Å². The van der Waals surface area contributed by atoms with Gasteiger partial charge in [0.2, 0.25) is 0 Å². The SMILES string of the molecule is CC(C)(C)N1CCc2ccccc2C1=O.CC(C)(C)N1Cc2ccccc2C1=O. The number of nitrogens with zero attached hydrogens (tertiary/aromatic N) is 2. The molecule has 0 spiro atoms. The molecular weight excluding hydrogens is 360 g/mol. The van der Waals surface area contributed by atoms with Crippen LogP contribution in [0.5, 0.6) is 0 Å². The topological polar surface area (TPSA) is 40.6 Å². The Morgan fingerprint density at radius 3 is 1.62 bits per heavy atom. The molecule has 0 aliphatic carbocycles. The number of carbonyl (C=O) groups excluding carboxylic acids is 2. The maximum absolute atomic E-state index is 12.2. The lowest BCUT2D eigenvalue weighted by Gasteiger charge is -2.39. The molecule has 0 radical (unpaired) electrons. The van der Waals surface area contributed by atoms with Crippen molar-refractivity contribution in [3.8, 4) is 0 Å². The first kappa shape index (κ1) is 21.1. The van der Waals surface area contributed by atoms with Gasteiger partial charge in [-0.15, -0.1) is 0 Å². The summed E-state index contributed by atoms with van der Waals surface area (Å²) in [4.78, 5) is 28.0. The van der Waals surface area contributed by atoms with Gasteiger partial charge in [-0.05, 0) is 71.2 Å². The fourth-order valence-electron chi connectivity index (χ4n) is 3.86. The van der Waals surface area contributed by atoms with E-state index in [9.17, 15) is 9.59 Å². The first-order valence-corrected chi connectivity index (χ1v) is 10.3. The van der Waals surface area contributed by atoms with Crippen molar-refractivity contribution in [1.82, 2.24) is 9.80 Å². The largest absolute Gasteiger partial charge is 0.333 e. The second-order valence-corrected chi connectivity index (χ2v) is 9.75. The highest BCUT2D eigenvalue weighted by atomic mass is 16.2. The van der Waals surface area contributed by atoms with Crippen molar-refractivity contribution in [3.63, 3.8) is 0 Å². The number of fused-ring (bicyclic) bond motifs is 2. The Morgan fingerprint density at radius 2 is 1.10 bits per heavy atom. The van der Waals surface area contributed by atoms with Crippen LogP contribution in [-0.4, -0.2) is 39.2 Å². The first-order valence-electron chi connectivity index (χ1n) is 10.3. The highest BCUT2D eigenvalue weighted by molar-refractivity contribution is 5.98. The molecule has 2 heterocycles. The average molecular weight is 393 g/mol. The standard InChI is InChI=1S/C13H17NO.C12H15NO/c1-13(2,3)14-9-8-10-6-4-5-7-11(10)12(14)15;1-12(2,3)13-8-9-6-4-5-7-10(9)11(13)14/h4-7H,8-9H2,1-3H3;4-7H,8H2,1-3H3.